The van der Waals surface area contributed by atoms with Crippen LogP contribution in [-0.2, 0) is 4.79 Å². The Labute approximate surface area is 48.8 Å². The van der Waals surface area contributed by atoms with Gasteiger partial charge in [-0.25, -0.2) is 0 Å². The molecule has 1 heterocycles. The van der Waals surface area contributed by atoms with E-state index in [1.807, 2.05) is 13.1 Å². The van der Waals surface area contributed by atoms with Crippen molar-refractivity contribution >= 4 is 6.29 Å². The van der Waals surface area contributed by atoms with Crippen LogP contribution in [0.5, 0.6) is 0 Å². The first-order valence-electron chi connectivity index (χ1n) is 2.65. The first-order chi connectivity index (χ1) is 3.83. The molecule has 0 aromatic carbocycles. The van der Waals surface area contributed by atoms with Gasteiger partial charge in [-0.3, -0.25) is 9.69 Å². The summed E-state index contributed by atoms with van der Waals surface area (Å²) in [5, 5.41) is 0. The molecule has 2 heteroatoms. The normalized spacial score (nSPS) is 20.9. The van der Waals surface area contributed by atoms with Gasteiger partial charge < -0.3 is 0 Å². The Balaban J connectivity index is 2.49. The third-order valence-corrected chi connectivity index (χ3v) is 1.27. The van der Waals surface area contributed by atoms with Gasteiger partial charge in [0.1, 0.15) is 6.29 Å². The lowest BCUT2D eigenvalue weighted by Crippen LogP contribution is -2.13. The van der Waals surface area contributed by atoms with Crippen LogP contribution in [-0.4, -0.2) is 31.3 Å². The Hall–Kier alpha value is -0.630. The highest BCUT2D eigenvalue weighted by atomic mass is 16.1. The van der Waals surface area contributed by atoms with Gasteiger partial charge in [0.05, 0.1) is 0 Å². The first kappa shape index (κ1) is 5.51. The lowest BCUT2D eigenvalue weighted by Gasteiger charge is -2.03. The van der Waals surface area contributed by atoms with Crippen molar-refractivity contribution in [3.8, 4) is 0 Å². The van der Waals surface area contributed by atoms with Gasteiger partial charge in [-0.05, 0) is 7.05 Å². The van der Waals surface area contributed by atoms with Crippen molar-refractivity contribution in [3.05, 3.63) is 11.6 Å². The Morgan fingerprint density at radius 3 is 2.88 bits per heavy atom. The Morgan fingerprint density at radius 2 is 2.62 bits per heavy atom. The van der Waals surface area contributed by atoms with E-state index >= 15 is 0 Å². The van der Waals surface area contributed by atoms with E-state index in [0.29, 0.717) is 0 Å². The maximum Gasteiger partial charge on any atom is 0.147 e. The lowest BCUT2D eigenvalue weighted by atomic mass is 10.3. The second-order valence-corrected chi connectivity index (χ2v) is 2.09. The molecule has 44 valence electrons. The highest BCUT2D eigenvalue weighted by Crippen LogP contribution is 2.01. The molecule has 2 nitrogen and oxygen atoms in total. The summed E-state index contributed by atoms with van der Waals surface area (Å²) < 4.78 is 0. The van der Waals surface area contributed by atoms with Crippen LogP contribution in [0.1, 0.15) is 0 Å². The van der Waals surface area contributed by atoms with Crippen molar-refractivity contribution in [2.24, 2.45) is 0 Å². The quantitative estimate of drug-likeness (QED) is 0.446. The summed E-state index contributed by atoms with van der Waals surface area (Å²) in [5.41, 5.74) is 0.910. The summed E-state index contributed by atoms with van der Waals surface area (Å²) in [6.45, 7) is 1.75. The maximum atomic E-state index is 10.1. The minimum Gasteiger partial charge on any atom is -0.298 e. The van der Waals surface area contributed by atoms with Crippen LogP contribution >= 0.6 is 0 Å². The standard InChI is InChI=1S/C6H9NO/c1-7-3-2-6(4-7)5-8/h2,5H,3-4H2,1H3. The van der Waals surface area contributed by atoms with Crippen LogP contribution in [0, 0.1) is 0 Å². The lowest BCUT2D eigenvalue weighted by molar-refractivity contribution is -0.105. The number of carbonyl (C=O) groups is 1. The van der Waals surface area contributed by atoms with Crippen LogP contribution < -0.4 is 0 Å². The van der Waals surface area contributed by atoms with E-state index in [1.54, 1.807) is 0 Å². The fourth-order valence-electron chi connectivity index (χ4n) is 0.799. The topological polar surface area (TPSA) is 20.3 Å². The largest absolute Gasteiger partial charge is 0.298 e. The number of carbonyl (C=O) groups excluding carboxylic acids is 1. The molecule has 0 spiro atoms. The molecule has 0 bridgehead atoms. The molecular formula is C6H9NO. The fourth-order valence-corrected chi connectivity index (χ4v) is 0.799. The number of likely N-dealkylation sites (N-methyl/N-ethyl adjacent to an activating group) is 1. The molecule has 0 amide bonds. The fraction of sp³-hybridized carbons (Fsp3) is 0.500. The first-order valence-corrected chi connectivity index (χ1v) is 2.65. The van der Waals surface area contributed by atoms with Gasteiger partial charge in [0.2, 0.25) is 0 Å². The Morgan fingerprint density at radius 1 is 1.88 bits per heavy atom. The summed E-state index contributed by atoms with van der Waals surface area (Å²) >= 11 is 0. The summed E-state index contributed by atoms with van der Waals surface area (Å²) in [6, 6.07) is 0. The van der Waals surface area contributed by atoms with Gasteiger partial charge >= 0.3 is 0 Å². The molecule has 8 heavy (non-hydrogen) atoms. The zero-order chi connectivity index (χ0) is 5.98. The average Bonchev–Trinajstić information content (AvgIpc) is 2.14. The number of hydrogen-bond acceptors (Lipinski definition) is 2. The maximum absolute atomic E-state index is 10.1. The molecule has 0 fully saturated rings. The molecule has 0 atom stereocenters. The molecule has 0 aromatic heterocycles. The highest BCUT2D eigenvalue weighted by molar-refractivity contribution is 5.74. The van der Waals surface area contributed by atoms with Crippen molar-refractivity contribution in [1.29, 1.82) is 0 Å². The van der Waals surface area contributed by atoms with E-state index < -0.39 is 0 Å². The number of rotatable bonds is 1. The van der Waals surface area contributed by atoms with E-state index in [1.165, 1.54) is 0 Å². The second-order valence-electron chi connectivity index (χ2n) is 2.09. The molecule has 0 aromatic rings. The summed E-state index contributed by atoms with van der Waals surface area (Å²) in [5.74, 6) is 0. The van der Waals surface area contributed by atoms with E-state index in [9.17, 15) is 4.79 Å². The van der Waals surface area contributed by atoms with E-state index in [0.717, 1.165) is 24.9 Å². The average molecular weight is 111 g/mol. The summed E-state index contributed by atoms with van der Waals surface area (Å²) in [4.78, 5) is 12.1. The van der Waals surface area contributed by atoms with Gasteiger partial charge in [-0.1, -0.05) is 6.08 Å². The summed E-state index contributed by atoms with van der Waals surface area (Å²) in [7, 11) is 1.99. The molecule has 0 saturated carbocycles. The van der Waals surface area contributed by atoms with Crippen LogP contribution in [0.25, 0.3) is 0 Å². The van der Waals surface area contributed by atoms with Crippen molar-refractivity contribution in [2.45, 2.75) is 0 Å². The van der Waals surface area contributed by atoms with Crippen molar-refractivity contribution in [1.82, 2.24) is 4.90 Å². The van der Waals surface area contributed by atoms with Crippen LogP contribution in [0.2, 0.25) is 0 Å². The van der Waals surface area contributed by atoms with Crippen LogP contribution in [0.3, 0.4) is 0 Å². The summed E-state index contributed by atoms with van der Waals surface area (Å²) in [6.07, 6.45) is 2.87. The van der Waals surface area contributed by atoms with E-state index in [-0.39, 0.29) is 0 Å². The highest BCUT2D eigenvalue weighted by Gasteiger charge is 2.06. The van der Waals surface area contributed by atoms with Gasteiger partial charge in [0.15, 0.2) is 0 Å². The third-order valence-electron chi connectivity index (χ3n) is 1.27. The SMILES string of the molecule is CN1CC=C(C=O)C1. The smallest absolute Gasteiger partial charge is 0.147 e. The molecule has 0 N–H and O–H groups in total. The predicted octanol–water partition coefficient (Wildman–Crippen LogP) is 0.0571. The number of aldehydes is 1. The zero-order valence-corrected chi connectivity index (χ0v) is 4.92. The van der Waals surface area contributed by atoms with Gasteiger partial charge in [-0.15, -0.1) is 0 Å². The predicted molar refractivity (Wildman–Crippen MR) is 31.6 cm³/mol. The van der Waals surface area contributed by atoms with Crippen molar-refractivity contribution in [3.63, 3.8) is 0 Å². The van der Waals surface area contributed by atoms with E-state index in [4.69, 9.17) is 0 Å². The molecule has 1 rings (SSSR count). The van der Waals surface area contributed by atoms with Crippen LogP contribution in [0.4, 0.5) is 0 Å². The van der Waals surface area contributed by atoms with Crippen molar-refractivity contribution < 1.29 is 4.79 Å². The minimum atomic E-state index is 0.823. The van der Waals surface area contributed by atoms with Gasteiger partial charge in [-0.2, -0.15) is 0 Å². The monoisotopic (exact) mass is 111 g/mol. The molecule has 0 aliphatic carbocycles. The van der Waals surface area contributed by atoms with Gasteiger partial charge in [0, 0.05) is 18.7 Å². The molecule has 0 saturated heterocycles. The molecular weight excluding hydrogens is 102 g/mol. The Bertz CT molecular complexity index is 128. The molecule has 0 radical (unpaired) electrons. The number of hydrogen-bond donors (Lipinski definition) is 0. The third kappa shape index (κ3) is 0.954. The molecule has 1 aliphatic rings. The second kappa shape index (κ2) is 2.09. The number of nitrogens with zero attached hydrogens (tertiary/aromatic N) is 1. The van der Waals surface area contributed by atoms with E-state index in [2.05, 4.69) is 4.90 Å². The Kier molecular flexibility index (Phi) is 1.44. The van der Waals surface area contributed by atoms with Crippen molar-refractivity contribution in [2.75, 3.05) is 20.1 Å². The molecule has 0 unspecified atom stereocenters. The van der Waals surface area contributed by atoms with Crippen LogP contribution in [0.15, 0.2) is 11.6 Å². The molecule has 1 aliphatic heterocycles. The van der Waals surface area contributed by atoms with Gasteiger partial charge in [0.25, 0.3) is 0 Å². The zero-order valence-electron chi connectivity index (χ0n) is 4.92. The minimum absolute atomic E-state index is 0.823.